The minimum atomic E-state index is -0.382. The lowest BCUT2D eigenvalue weighted by Gasteiger charge is -2.28. The Labute approximate surface area is 152 Å². The van der Waals surface area contributed by atoms with Gasteiger partial charge in [0.15, 0.2) is 0 Å². The number of rotatable bonds is 6. The van der Waals surface area contributed by atoms with Gasteiger partial charge in [0, 0.05) is 6.20 Å². The SMILES string of the molecule is O=C(OCc1ccccc1)N1C=C[C@H]2O[C@H]2[C@H]1COCc1ccccc1. The molecule has 0 aromatic heterocycles. The van der Waals surface area contributed by atoms with Crippen molar-refractivity contribution in [2.24, 2.45) is 0 Å². The molecule has 0 radical (unpaired) electrons. The average Bonchev–Trinajstić information content (AvgIpc) is 3.48. The summed E-state index contributed by atoms with van der Waals surface area (Å²) >= 11 is 0. The molecule has 0 unspecified atom stereocenters. The summed E-state index contributed by atoms with van der Waals surface area (Å²) < 4.78 is 16.9. The first-order valence-electron chi connectivity index (χ1n) is 8.76. The highest BCUT2D eigenvalue weighted by molar-refractivity contribution is 5.70. The molecular formula is C21H21NO4. The van der Waals surface area contributed by atoms with Crippen molar-refractivity contribution in [3.63, 3.8) is 0 Å². The van der Waals surface area contributed by atoms with Crippen molar-refractivity contribution < 1.29 is 19.0 Å². The molecule has 0 saturated carbocycles. The second-order valence-corrected chi connectivity index (χ2v) is 6.42. The fourth-order valence-electron chi connectivity index (χ4n) is 3.08. The molecule has 2 aromatic carbocycles. The Kier molecular flexibility index (Phi) is 5.00. The lowest BCUT2D eigenvalue weighted by Crippen LogP contribution is -2.45. The number of ether oxygens (including phenoxy) is 3. The molecule has 1 amide bonds. The van der Waals surface area contributed by atoms with E-state index in [0.29, 0.717) is 13.2 Å². The van der Waals surface area contributed by atoms with Crippen molar-refractivity contribution in [2.75, 3.05) is 6.61 Å². The molecule has 0 aliphatic carbocycles. The van der Waals surface area contributed by atoms with E-state index < -0.39 is 0 Å². The van der Waals surface area contributed by atoms with Crippen LogP contribution in [0.3, 0.4) is 0 Å². The van der Waals surface area contributed by atoms with E-state index in [2.05, 4.69) is 0 Å². The number of carbonyl (C=O) groups excluding carboxylic acids is 1. The van der Waals surface area contributed by atoms with Crippen molar-refractivity contribution in [1.29, 1.82) is 0 Å². The molecule has 134 valence electrons. The molecule has 2 aliphatic rings. The van der Waals surface area contributed by atoms with Gasteiger partial charge in [0.2, 0.25) is 0 Å². The quantitative estimate of drug-likeness (QED) is 0.748. The van der Waals surface area contributed by atoms with Crippen LogP contribution in [0.15, 0.2) is 72.9 Å². The van der Waals surface area contributed by atoms with Crippen molar-refractivity contribution in [1.82, 2.24) is 4.90 Å². The van der Waals surface area contributed by atoms with E-state index in [4.69, 9.17) is 14.2 Å². The van der Waals surface area contributed by atoms with Gasteiger partial charge in [-0.25, -0.2) is 4.79 Å². The topological polar surface area (TPSA) is 51.3 Å². The third kappa shape index (κ3) is 3.95. The van der Waals surface area contributed by atoms with Crippen molar-refractivity contribution >= 4 is 6.09 Å². The molecule has 2 heterocycles. The molecule has 5 heteroatoms. The summed E-state index contributed by atoms with van der Waals surface area (Å²) in [6, 6.07) is 19.4. The molecule has 0 N–H and O–H groups in total. The van der Waals surface area contributed by atoms with Gasteiger partial charge in [0.1, 0.15) is 18.8 Å². The summed E-state index contributed by atoms with van der Waals surface area (Å²) in [5.74, 6) is 0. The first-order valence-corrected chi connectivity index (χ1v) is 8.76. The molecule has 0 bridgehead atoms. The van der Waals surface area contributed by atoms with Crippen LogP contribution in [0, 0.1) is 0 Å². The maximum atomic E-state index is 12.5. The van der Waals surface area contributed by atoms with Crippen molar-refractivity contribution in [3.05, 3.63) is 84.1 Å². The number of fused-ring (bicyclic) bond motifs is 1. The number of hydrogen-bond acceptors (Lipinski definition) is 4. The van der Waals surface area contributed by atoms with Gasteiger partial charge in [-0.15, -0.1) is 0 Å². The van der Waals surface area contributed by atoms with Crippen LogP contribution in [0.5, 0.6) is 0 Å². The highest BCUT2D eigenvalue weighted by Gasteiger charge is 2.50. The van der Waals surface area contributed by atoms with E-state index in [-0.39, 0.29) is 30.9 Å². The normalized spacial score (nSPS) is 23.4. The number of hydrogen-bond donors (Lipinski definition) is 0. The van der Waals surface area contributed by atoms with E-state index in [9.17, 15) is 4.79 Å². The van der Waals surface area contributed by atoms with Gasteiger partial charge < -0.3 is 14.2 Å². The Hall–Kier alpha value is -2.63. The molecule has 1 saturated heterocycles. The zero-order valence-corrected chi connectivity index (χ0v) is 14.4. The maximum absolute atomic E-state index is 12.5. The molecule has 1 fully saturated rings. The summed E-state index contributed by atoms with van der Waals surface area (Å²) in [6.45, 7) is 1.16. The summed E-state index contributed by atoms with van der Waals surface area (Å²) in [5.41, 5.74) is 2.06. The van der Waals surface area contributed by atoms with Crippen LogP contribution in [0.1, 0.15) is 11.1 Å². The highest BCUT2D eigenvalue weighted by atomic mass is 16.6. The van der Waals surface area contributed by atoms with E-state index >= 15 is 0 Å². The van der Waals surface area contributed by atoms with Gasteiger partial charge in [0.05, 0.1) is 19.3 Å². The van der Waals surface area contributed by atoms with Gasteiger partial charge in [-0.3, -0.25) is 4.90 Å². The summed E-state index contributed by atoms with van der Waals surface area (Å²) in [7, 11) is 0. The number of epoxide rings is 1. The van der Waals surface area contributed by atoms with Crippen LogP contribution in [0.4, 0.5) is 4.79 Å². The second kappa shape index (κ2) is 7.72. The number of amides is 1. The molecule has 4 rings (SSSR count). The third-order valence-electron chi connectivity index (χ3n) is 4.55. The largest absolute Gasteiger partial charge is 0.444 e. The van der Waals surface area contributed by atoms with Crippen LogP contribution < -0.4 is 0 Å². The molecule has 26 heavy (non-hydrogen) atoms. The molecule has 2 aromatic rings. The van der Waals surface area contributed by atoms with Crippen molar-refractivity contribution in [3.8, 4) is 0 Å². The van der Waals surface area contributed by atoms with E-state index in [0.717, 1.165) is 11.1 Å². The molecular weight excluding hydrogens is 330 g/mol. The lowest BCUT2D eigenvalue weighted by atomic mass is 10.1. The number of nitrogens with zero attached hydrogens (tertiary/aromatic N) is 1. The first kappa shape index (κ1) is 16.8. The van der Waals surface area contributed by atoms with Crippen LogP contribution in [0.2, 0.25) is 0 Å². The van der Waals surface area contributed by atoms with Crippen LogP contribution in [-0.2, 0) is 27.4 Å². The van der Waals surface area contributed by atoms with Gasteiger partial charge in [-0.1, -0.05) is 60.7 Å². The Morgan fingerprint density at radius 2 is 1.62 bits per heavy atom. The Morgan fingerprint density at radius 1 is 0.962 bits per heavy atom. The fourth-order valence-corrected chi connectivity index (χ4v) is 3.08. The van der Waals surface area contributed by atoms with Crippen LogP contribution in [0.25, 0.3) is 0 Å². The molecule has 3 atom stereocenters. The summed E-state index contributed by atoms with van der Waals surface area (Å²) in [4.78, 5) is 14.1. The van der Waals surface area contributed by atoms with Crippen LogP contribution in [-0.4, -0.2) is 35.8 Å². The Morgan fingerprint density at radius 3 is 2.31 bits per heavy atom. The fraction of sp³-hybridized carbons (Fsp3) is 0.286. The van der Waals surface area contributed by atoms with Gasteiger partial charge in [-0.05, 0) is 17.2 Å². The lowest BCUT2D eigenvalue weighted by molar-refractivity contribution is 0.0418. The maximum Gasteiger partial charge on any atom is 0.414 e. The monoisotopic (exact) mass is 351 g/mol. The van der Waals surface area contributed by atoms with Crippen LogP contribution >= 0.6 is 0 Å². The number of carbonyl (C=O) groups is 1. The Balaban J connectivity index is 1.33. The minimum absolute atomic E-state index is 0.0138. The molecule has 0 spiro atoms. The first-order chi connectivity index (χ1) is 12.8. The smallest absolute Gasteiger partial charge is 0.414 e. The zero-order chi connectivity index (χ0) is 17.8. The standard InChI is InChI=1S/C21H21NO4/c23-21(25-14-17-9-5-2-6-10-17)22-12-11-19-20(26-19)18(22)15-24-13-16-7-3-1-4-8-16/h1-12,18-20H,13-15H2/t18-,19-,20+/m1/s1. The minimum Gasteiger partial charge on any atom is -0.444 e. The van der Waals surface area contributed by atoms with Gasteiger partial charge in [-0.2, -0.15) is 0 Å². The summed E-state index contributed by atoms with van der Waals surface area (Å²) in [5, 5.41) is 0. The summed E-state index contributed by atoms with van der Waals surface area (Å²) in [6.07, 6.45) is 3.33. The van der Waals surface area contributed by atoms with E-state index in [1.165, 1.54) is 0 Å². The predicted molar refractivity (Wildman–Crippen MR) is 96.2 cm³/mol. The molecule has 2 aliphatic heterocycles. The third-order valence-corrected chi connectivity index (χ3v) is 4.55. The van der Waals surface area contributed by atoms with E-state index in [1.807, 2.05) is 66.7 Å². The van der Waals surface area contributed by atoms with Gasteiger partial charge >= 0.3 is 6.09 Å². The zero-order valence-electron chi connectivity index (χ0n) is 14.4. The predicted octanol–water partition coefficient (Wildman–Crippen LogP) is 3.51. The highest BCUT2D eigenvalue weighted by Crippen LogP contribution is 2.34. The Bertz CT molecular complexity index is 762. The van der Waals surface area contributed by atoms with Crippen molar-refractivity contribution in [2.45, 2.75) is 31.5 Å². The van der Waals surface area contributed by atoms with Gasteiger partial charge in [0.25, 0.3) is 0 Å². The van der Waals surface area contributed by atoms with E-state index in [1.54, 1.807) is 11.1 Å². The average molecular weight is 351 g/mol. The molecule has 5 nitrogen and oxygen atoms in total. The second-order valence-electron chi connectivity index (χ2n) is 6.42. The number of benzene rings is 2.